The zero-order valence-electron chi connectivity index (χ0n) is 13.1. The molecular weight excluding hydrogens is 302 g/mol. The summed E-state index contributed by atoms with van der Waals surface area (Å²) in [4.78, 5) is 6.84. The molecule has 1 N–H and O–H groups in total. The summed E-state index contributed by atoms with van der Waals surface area (Å²) < 4.78 is 0. The van der Waals surface area contributed by atoms with Crippen LogP contribution in [0.3, 0.4) is 0 Å². The lowest BCUT2D eigenvalue weighted by molar-refractivity contribution is 0.472. The van der Waals surface area contributed by atoms with Gasteiger partial charge in [-0.3, -0.25) is 0 Å². The fourth-order valence-corrected chi connectivity index (χ4v) is 5.11. The SMILES string of the molecule is C1=CC2CC1CC2CNc1cccc2c1CN(c1nccs1)C2. The number of hydrogen-bond acceptors (Lipinski definition) is 4. The van der Waals surface area contributed by atoms with Crippen LogP contribution in [-0.2, 0) is 13.1 Å². The quantitative estimate of drug-likeness (QED) is 0.851. The van der Waals surface area contributed by atoms with Gasteiger partial charge in [0.05, 0.1) is 0 Å². The van der Waals surface area contributed by atoms with Gasteiger partial charge in [0.25, 0.3) is 0 Å². The molecule has 5 rings (SSSR count). The highest BCUT2D eigenvalue weighted by molar-refractivity contribution is 7.13. The van der Waals surface area contributed by atoms with Crippen molar-refractivity contribution in [2.24, 2.45) is 17.8 Å². The number of fused-ring (bicyclic) bond motifs is 3. The number of allylic oxidation sites excluding steroid dienone is 2. The van der Waals surface area contributed by atoms with E-state index in [9.17, 15) is 0 Å². The van der Waals surface area contributed by atoms with Crippen molar-refractivity contribution in [3.8, 4) is 0 Å². The van der Waals surface area contributed by atoms with Gasteiger partial charge in [-0.05, 0) is 47.8 Å². The Hall–Kier alpha value is -1.81. The van der Waals surface area contributed by atoms with Crippen LogP contribution in [0.1, 0.15) is 24.0 Å². The van der Waals surface area contributed by atoms with E-state index < -0.39 is 0 Å². The van der Waals surface area contributed by atoms with Gasteiger partial charge in [0.2, 0.25) is 0 Å². The van der Waals surface area contributed by atoms with Gasteiger partial charge in [-0.1, -0.05) is 24.3 Å². The number of anilines is 2. The summed E-state index contributed by atoms with van der Waals surface area (Å²) in [6.07, 6.45) is 9.52. The van der Waals surface area contributed by atoms with Crippen LogP contribution in [0.25, 0.3) is 0 Å². The van der Waals surface area contributed by atoms with E-state index in [0.29, 0.717) is 0 Å². The topological polar surface area (TPSA) is 28.2 Å². The molecule has 2 heterocycles. The average Bonchev–Trinajstić information content (AvgIpc) is 3.35. The third-order valence-electron chi connectivity index (χ3n) is 5.64. The number of nitrogens with zero attached hydrogens (tertiary/aromatic N) is 2. The number of aromatic nitrogens is 1. The minimum absolute atomic E-state index is 0.816. The zero-order chi connectivity index (χ0) is 15.2. The molecule has 0 radical (unpaired) electrons. The van der Waals surface area contributed by atoms with E-state index in [0.717, 1.165) is 42.5 Å². The fourth-order valence-electron chi connectivity index (χ4n) is 4.47. The summed E-state index contributed by atoms with van der Waals surface area (Å²) in [6, 6.07) is 6.69. The third kappa shape index (κ3) is 2.36. The molecule has 1 saturated carbocycles. The second kappa shape index (κ2) is 5.38. The lowest BCUT2D eigenvalue weighted by Gasteiger charge is -2.20. The van der Waals surface area contributed by atoms with Gasteiger partial charge < -0.3 is 10.2 Å². The predicted octanol–water partition coefficient (Wildman–Crippen LogP) is 4.29. The molecule has 2 aromatic rings. The molecule has 23 heavy (non-hydrogen) atoms. The Balaban J connectivity index is 1.31. The molecule has 1 aromatic carbocycles. The van der Waals surface area contributed by atoms with Crippen molar-refractivity contribution in [3.05, 3.63) is 53.1 Å². The molecule has 1 aromatic heterocycles. The van der Waals surface area contributed by atoms with Crippen LogP contribution in [-0.4, -0.2) is 11.5 Å². The highest BCUT2D eigenvalue weighted by atomic mass is 32.1. The van der Waals surface area contributed by atoms with Gasteiger partial charge in [-0.25, -0.2) is 4.98 Å². The number of nitrogens with one attached hydrogen (secondary N) is 1. The van der Waals surface area contributed by atoms with Crippen LogP contribution in [0.5, 0.6) is 0 Å². The molecule has 3 unspecified atom stereocenters. The first kappa shape index (κ1) is 13.6. The highest BCUT2D eigenvalue weighted by Crippen LogP contribution is 2.43. The number of rotatable bonds is 4. The minimum Gasteiger partial charge on any atom is -0.384 e. The lowest BCUT2D eigenvalue weighted by Crippen LogP contribution is -2.19. The predicted molar refractivity (Wildman–Crippen MR) is 95.8 cm³/mol. The molecule has 0 saturated heterocycles. The van der Waals surface area contributed by atoms with Crippen LogP contribution in [0.2, 0.25) is 0 Å². The van der Waals surface area contributed by atoms with Crippen LogP contribution in [0.4, 0.5) is 10.8 Å². The van der Waals surface area contributed by atoms with E-state index in [1.165, 1.54) is 29.7 Å². The maximum atomic E-state index is 4.46. The number of thiazole rings is 1. The van der Waals surface area contributed by atoms with Crippen molar-refractivity contribution < 1.29 is 0 Å². The van der Waals surface area contributed by atoms with E-state index in [2.05, 4.69) is 50.9 Å². The molecule has 2 bridgehead atoms. The maximum Gasteiger partial charge on any atom is 0.185 e. The van der Waals surface area contributed by atoms with Gasteiger partial charge in [-0.2, -0.15) is 0 Å². The van der Waals surface area contributed by atoms with Gasteiger partial charge in [0.1, 0.15) is 0 Å². The molecule has 1 fully saturated rings. The van der Waals surface area contributed by atoms with E-state index >= 15 is 0 Å². The first-order valence-electron chi connectivity index (χ1n) is 8.54. The largest absolute Gasteiger partial charge is 0.384 e. The van der Waals surface area contributed by atoms with E-state index in [4.69, 9.17) is 0 Å². The normalized spacial score (nSPS) is 27.7. The third-order valence-corrected chi connectivity index (χ3v) is 6.48. The molecule has 3 atom stereocenters. The summed E-state index contributed by atoms with van der Waals surface area (Å²) in [5.41, 5.74) is 4.23. The van der Waals surface area contributed by atoms with Crippen LogP contribution in [0, 0.1) is 17.8 Å². The maximum absolute atomic E-state index is 4.46. The molecule has 4 heteroatoms. The summed E-state index contributed by atoms with van der Waals surface area (Å²) in [5, 5.41) is 6.95. The van der Waals surface area contributed by atoms with Gasteiger partial charge in [0, 0.05) is 36.9 Å². The van der Waals surface area contributed by atoms with Crippen molar-refractivity contribution in [2.45, 2.75) is 25.9 Å². The fraction of sp³-hybridized carbons (Fsp3) is 0.421. The first-order chi connectivity index (χ1) is 11.4. The summed E-state index contributed by atoms with van der Waals surface area (Å²) in [7, 11) is 0. The van der Waals surface area contributed by atoms with Crippen LogP contribution >= 0.6 is 11.3 Å². The molecular formula is C19H21N3S. The van der Waals surface area contributed by atoms with E-state index in [1.807, 2.05) is 6.20 Å². The minimum atomic E-state index is 0.816. The monoisotopic (exact) mass is 323 g/mol. The van der Waals surface area contributed by atoms with Crippen molar-refractivity contribution in [2.75, 3.05) is 16.8 Å². The van der Waals surface area contributed by atoms with Crippen LogP contribution in [0.15, 0.2) is 41.9 Å². The standard InChI is InChI=1S/C19H21N3S/c1-2-15-11-22(19-20-6-7-23-19)12-17(15)18(3-1)21-10-16-9-13-4-5-14(16)8-13/h1-7,13-14,16,21H,8-12H2. The van der Waals surface area contributed by atoms with Crippen molar-refractivity contribution in [1.29, 1.82) is 0 Å². The van der Waals surface area contributed by atoms with Crippen molar-refractivity contribution >= 4 is 22.2 Å². The van der Waals surface area contributed by atoms with Gasteiger partial charge in [-0.15, -0.1) is 11.3 Å². The molecule has 118 valence electrons. The summed E-state index contributed by atoms with van der Waals surface area (Å²) >= 11 is 1.73. The van der Waals surface area contributed by atoms with Gasteiger partial charge in [0.15, 0.2) is 5.13 Å². The van der Waals surface area contributed by atoms with Gasteiger partial charge >= 0.3 is 0 Å². The Morgan fingerprint density at radius 3 is 3.00 bits per heavy atom. The first-order valence-corrected chi connectivity index (χ1v) is 9.42. The molecule has 0 amide bonds. The lowest BCUT2D eigenvalue weighted by atomic mass is 9.93. The zero-order valence-corrected chi connectivity index (χ0v) is 13.9. The number of benzene rings is 1. The summed E-state index contributed by atoms with van der Waals surface area (Å²) in [6.45, 7) is 3.07. The number of hydrogen-bond donors (Lipinski definition) is 1. The Morgan fingerprint density at radius 1 is 1.22 bits per heavy atom. The Morgan fingerprint density at radius 2 is 2.22 bits per heavy atom. The van der Waals surface area contributed by atoms with E-state index in [-0.39, 0.29) is 0 Å². The van der Waals surface area contributed by atoms with Crippen molar-refractivity contribution in [3.63, 3.8) is 0 Å². The second-order valence-electron chi connectivity index (χ2n) is 7.04. The Kier molecular flexibility index (Phi) is 3.18. The molecule has 0 spiro atoms. The molecule has 3 aliphatic rings. The Labute approximate surface area is 141 Å². The molecule has 2 aliphatic carbocycles. The van der Waals surface area contributed by atoms with Crippen LogP contribution < -0.4 is 10.2 Å². The van der Waals surface area contributed by atoms with Crippen molar-refractivity contribution in [1.82, 2.24) is 4.98 Å². The second-order valence-corrected chi connectivity index (χ2v) is 7.91. The summed E-state index contributed by atoms with van der Waals surface area (Å²) in [5.74, 6) is 2.49. The Bertz CT molecular complexity index is 737. The average molecular weight is 323 g/mol. The molecule has 1 aliphatic heterocycles. The van der Waals surface area contributed by atoms with E-state index in [1.54, 1.807) is 11.3 Å². The highest BCUT2D eigenvalue weighted by Gasteiger charge is 2.35. The smallest absolute Gasteiger partial charge is 0.185 e. The molecule has 3 nitrogen and oxygen atoms in total.